The summed E-state index contributed by atoms with van der Waals surface area (Å²) in [6, 6.07) is 15.3. The molecule has 0 radical (unpaired) electrons. The number of hydrogen-bond acceptors (Lipinski definition) is 1. The van der Waals surface area contributed by atoms with Crippen molar-refractivity contribution in [2.75, 3.05) is 11.9 Å². The highest BCUT2D eigenvalue weighted by molar-refractivity contribution is 6.31. The first kappa shape index (κ1) is 15.4. The van der Waals surface area contributed by atoms with E-state index < -0.39 is 0 Å². The van der Waals surface area contributed by atoms with Crippen LogP contribution in [0.5, 0.6) is 0 Å². The molecule has 0 saturated heterocycles. The Hall–Kier alpha value is -2.00. The minimum Gasteiger partial charge on any atom is -0.320 e. The number of amides is 2. The molecule has 0 bridgehead atoms. The number of carbonyl (C=O) groups is 1. The number of halogens is 1. The van der Waals surface area contributed by atoms with Gasteiger partial charge in [-0.1, -0.05) is 48.0 Å². The van der Waals surface area contributed by atoms with Crippen LogP contribution in [0.2, 0.25) is 5.02 Å². The molecule has 0 fully saturated rings. The van der Waals surface area contributed by atoms with Crippen molar-refractivity contribution in [3.63, 3.8) is 0 Å². The van der Waals surface area contributed by atoms with Gasteiger partial charge in [-0.05, 0) is 37.1 Å². The van der Waals surface area contributed by atoms with Crippen molar-refractivity contribution >= 4 is 23.3 Å². The number of rotatable bonds is 4. The average Bonchev–Trinajstić information content (AvgIpc) is 2.49. The standard InChI is InChI=1S/C17H19ClN2O/c1-3-20(12-14-7-5-4-6-8-14)17(21)19-15-10-9-13(2)16(18)11-15/h4-11H,3,12H2,1-2H3,(H,19,21). The number of benzene rings is 2. The van der Waals surface area contributed by atoms with Crippen LogP contribution < -0.4 is 5.32 Å². The van der Waals surface area contributed by atoms with Crippen LogP contribution in [-0.2, 0) is 6.54 Å². The minimum atomic E-state index is -0.124. The average molecular weight is 303 g/mol. The molecule has 1 N–H and O–H groups in total. The summed E-state index contributed by atoms with van der Waals surface area (Å²) in [5, 5.41) is 3.54. The van der Waals surface area contributed by atoms with Gasteiger partial charge in [0.15, 0.2) is 0 Å². The smallest absolute Gasteiger partial charge is 0.320 e. The van der Waals surface area contributed by atoms with Crippen LogP contribution in [0, 0.1) is 6.92 Å². The predicted octanol–water partition coefficient (Wildman–Crippen LogP) is 4.70. The Bertz CT molecular complexity index is 613. The fourth-order valence-electron chi connectivity index (χ4n) is 2.00. The lowest BCUT2D eigenvalue weighted by molar-refractivity contribution is 0.212. The molecule has 0 aliphatic carbocycles. The fourth-order valence-corrected chi connectivity index (χ4v) is 2.18. The van der Waals surface area contributed by atoms with Crippen molar-refractivity contribution in [1.29, 1.82) is 0 Å². The van der Waals surface area contributed by atoms with Crippen LogP contribution in [0.3, 0.4) is 0 Å². The van der Waals surface area contributed by atoms with E-state index in [9.17, 15) is 4.79 Å². The van der Waals surface area contributed by atoms with Gasteiger partial charge in [0.05, 0.1) is 0 Å². The van der Waals surface area contributed by atoms with Gasteiger partial charge in [-0.3, -0.25) is 0 Å². The molecule has 0 aliphatic heterocycles. The van der Waals surface area contributed by atoms with Gasteiger partial charge >= 0.3 is 6.03 Å². The summed E-state index contributed by atoms with van der Waals surface area (Å²) in [6.45, 7) is 5.12. The van der Waals surface area contributed by atoms with Gasteiger partial charge in [0.2, 0.25) is 0 Å². The summed E-state index contributed by atoms with van der Waals surface area (Å²) in [7, 11) is 0. The highest BCUT2D eigenvalue weighted by atomic mass is 35.5. The van der Waals surface area contributed by atoms with Gasteiger partial charge in [0.25, 0.3) is 0 Å². The van der Waals surface area contributed by atoms with Gasteiger partial charge in [-0.2, -0.15) is 0 Å². The summed E-state index contributed by atoms with van der Waals surface area (Å²) < 4.78 is 0. The zero-order chi connectivity index (χ0) is 15.2. The summed E-state index contributed by atoms with van der Waals surface area (Å²) in [4.78, 5) is 14.1. The third-order valence-corrected chi connectivity index (χ3v) is 3.72. The Morgan fingerprint density at radius 2 is 1.90 bits per heavy atom. The number of urea groups is 1. The zero-order valence-electron chi connectivity index (χ0n) is 12.3. The molecule has 2 amide bonds. The molecule has 0 aliphatic rings. The number of nitrogens with zero attached hydrogens (tertiary/aromatic N) is 1. The fraction of sp³-hybridized carbons (Fsp3) is 0.235. The third-order valence-electron chi connectivity index (χ3n) is 3.31. The summed E-state index contributed by atoms with van der Waals surface area (Å²) in [5.41, 5.74) is 2.81. The topological polar surface area (TPSA) is 32.3 Å². The second-order valence-electron chi connectivity index (χ2n) is 4.89. The van der Waals surface area contributed by atoms with Crippen LogP contribution in [0.25, 0.3) is 0 Å². The van der Waals surface area contributed by atoms with E-state index in [1.807, 2.05) is 56.3 Å². The molecule has 0 spiro atoms. The summed E-state index contributed by atoms with van der Waals surface area (Å²) in [5.74, 6) is 0. The third kappa shape index (κ3) is 4.23. The number of carbonyl (C=O) groups excluding carboxylic acids is 1. The van der Waals surface area contributed by atoms with Crippen LogP contribution in [0.1, 0.15) is 18.1 Å². The van der Waals surface area contributed by atoms with E-state index in [0.29, 0.717) is 23.8 Å². The molecule has 0 aromatic heterocycles. The number of hydrogen-bond donors (Lipinski definition) is 1. The molecule has 0 unspecified atom stereocenters. The van der Waals surface area contributed by atoms with Crippen LogP contribution >= 0.6 is 11.6 Å². The number of anilines is 1. The molecule has 21 heavy (non-hydrogen) atoms. The zero-order valence-corrected chi connectivity index (χ0v) is 13.0. The van der Waals surface area contributed by atoms with E-state index in [1.54, 1.807) is 11.0 Å². The number of nitrogens with one attached hydrogen (secondary N) is 1. The maximum atomic E-state index is 12.3. The molecule has 4 heteroatoms. The van der Waals surface area contributed by atoms with E-state index in [-0.39, 0.29) is 6.03 Å². The van der Waals surface area contributed by atoms with Gasteiger partial charge in [0, 0.05) is 23.8 Å². The van der Waals surface area contributed by atoms with E-state index in [0.717, 1.165) is 11.1 Å². The highest BCUT2D eigenvalue weighted by Gasteiger charge is 2.12. The van der Waals surface area contributed by atoms with Crippen molar-refractivity contribution in [3.8, 4) is 0 Å². The maximum Gasteiger partial charge on any atom is 0.322 e. The second kappa shape index (κ2) is 7.14. The van der Waals surface area contributed by atoms with Crippen molar-refractivity contribution < 1.29 is 4.79 Å². The first-order valence-electron chi connectivity index (χ1n) is 6.96. The Morgan fingerprint density at radius 1 is 1.19 bits per heavy atom. The quantitative estimate of drug-likeness (QED) is 0.872. The van der Waals surface area contributed by atoms with Gasteiger partial charge in [-0.25, -0.2) is 4.79 Å². The first-order valence-corrected chi connectivity index (χ1v) is 7.34. The molecule has 2 rings (SSSR count). The van der Waals surface area contributed by atoms with Gasteiger partial charge in [-0.15, -0.1) is 0 Å². The Labute approximate surface area is 130 Å². The van der Waals surface area contributed by atoms with Crippen molar-refractivity contribution in [3.05, 3.63) is 64.7 Å². The van der Waals surface area contributed by atoms with Crippen molar-refractivity contribution in [2.45, 2.75) is 20.4 Å². The molecule has 2 aromatic carbocycles. The molecule has 0 saturated carbocycles. The van der Waals surface area contributed by atoms with E-state index >= 15 is 0 Å². The van der Waals surface area contributed by atoms with E-state index in [2.05, 4.69) is 5.32 Å². The van der Waals surface area contributed by atoms with E-state index in [1.165, 1.54) is 0 Å². The second-order valence-corrected chi connectivity index (χ2v) is 5.30. The molecule has 0 heterocycles. The minimum absolute atomic E-state index is 0.124. The monoisotopic (exact) mass is 302 g/mol. The Morgan fingerprint density at radius 3 is 2.52 bits per heavy atom. The lowest BCUT2D eigenvalue weighted by atomic mass is 10.2. The Balaban J connectivity index is 2.04. The normalized spacial score (nSPS) is 10.2. The molecule has 2 aromatic rings. The lowest BCUT2D eigenvalue weighted by Crippen LogP contribution is -2.34. The molecule has 3 nitrogen and oxygen atoms in total. The Kier molecular flexibility index (Phi) is 5.23. The summed E-state index contributed by atoms with van der Waals surface area (Å²) >= 11 is 6.08. The number of aryl methyl sites for hydroxylation is 1. The molecule has 110 valence electrons. The largest absolute Gasteiger partial charge is 0.322 e. The first-order chi connectivity index (χ1) is 10.1. The van der Waals surface area contributed by atoms with Gasteiger partial charge < -0.3 is 10.2 Å². The molecular formula is C17H19ClN2O. The van der Waals surface area contributed by atoms with Crippen LogP contribution in [0.4, 0.5) is 10.5 Å². The lowest BCUT2D eigenvalue weighted by Gasteiger charge is -2.21. The molecule has 0 atom stereocenters. The van der Waals surface area contributed by atoms with E-state index in [4.69, 9.17) is 11.6 Å². The van der Waals surface area contributed by atoms with Gasteiger partial charge in [0.1, 0.15) is 0 Å². The highest BCUT2D eigenvalue weighted by Crippen LogP contribution is 2.20. The van der Waals surface area contributed by atoms with Crippen LogP contribution in [-0.4, -0.2) is 17.5 Å². The maximum absolute atomic E-state index is 12.3. The molecular weight excluding hydrogens is 284 g/mol. The SMILES string of the molecule is CCN(Cc1ccccc1)C(=O)Nc1ccc(C)c(Cl)c1. The summed E-state index contributed by atoms with van der Waals surface area (Å²) in [6.07, 6.45) is 0. The van der Waals surface area contributed by atoms with Crippen molar-refractivity contribution in [2.24, 2.45) is 0 Å². The predicted molar refractivity (Wildman–Crippen MR) is 87.7 cm³/mol. The van der Waals surface area contributed by atoms with Crippen LogP contribution in [0.15, 0.2) is 48.5 Å². The van der Waals surface area contributed by atoms with Crippen molar-refractivity contribution in [1.82, 2.24) is 4.90 Å².